The van der Waals surface area contributed by atoms with Crippen LogP contribution in [-0.2, 0) is 33.3 Å². The Balaban J connectivity index is 1.19. The minimum Gasteiger partial charge on any atom is -0.493 e. The number of methoxy groups -OCH3 is 2. The maximum Gasteiger partial charge on any atom is 0.405 e. The maximum atomic E-state index is 14.1. The van der Waals surface area contributed by atoms with Gasteiger partial charge in [-0.15, -0.1) is 0 Å². The number of nitrogens with one attached hydrogen (secondary N) is 2. The summed E-state index contributed by atoms with van der Waals surface area (Å²) < 4.78 is 34.6. The number of aliphatic hydroxyl groups is 1. The van der Waals surface area contributed by atoms with Crippen molar-refractivity contribution in [1.29, 1.82) is 0 Å². The molecule has 2 amide bonds. The third-order valence-corrected chi connectivity index (χ3v) is 12.3. The summed E-state index contributed by atoms with van der Waals surface area (Å²) in [6.45, 7) is 12.4. The molecule has 1 saturated heterocycles. The van der Waals surface area contributed by atoms with Gasteiger partial charge in [0.2, 0.25) is 11.6 Å². The van der Waals surface area contributed by atoms with Crippen LogP contribution < -0.4 is 31.4 Å². The van der Waals surface area contributed by atoms with Gasteiger partial charge < -0.3 is 54.5 Å². The fourth-order valence-electron chi connectivity index (χ4n) is 8.53. The second-order valence-corrected chi connectivity index (χ2v) is 17.4. The number of amides is 2. The number of carbonyl (C=O) groups excluding carboxylic acids is 4. The van der Waals surface area contributed by atoms with Crippen molar-refractivity contribution in [2.75, 3.05) is 58.6 Å². The lowest BCUT2D eigenvalue weighted by Crippen LogP contribution is -2.38. The normalized spacial score (nSPS) is 25.9. The largest absolute Gasteiger partial charge is 0.493 e. The van der Waals surface area contributed by atoms with E-state index in [0.29, 0.717) is 74.1 Å². The van der Waals surface area contributed by atoms with Gasteiger partial charge >= 0.3 is 6.09 Å². The molecule has 2 bridgehead atoms. The van der Waals surface area contributed by atoms with Crippen LogP contribution in [0, 0.1) is 18.8 Å². The van der Waals surface area contributed by atoms with Crippen molar-refractivity contribution in [3.8, 4) is 5.75 Å². The first-order valence-electron chi connectivity index (χ1n) is 23.0. The number of primary amides is 1. The van der Waals surface area contributed by atoms with Gasteiger partial charge in [-0.3, -0.25) is 19.2 Å². The van der Waals surface area contributed by atoms with Gasteiger partial charge in [-0.25, -0.2) is 4.79 Å². The number of ketones is 2. The smallest absolute Gasteiger partial charge is 0.405 e. The van der Waals surface area contributed by atoms with Crippen LogP contribution in [0.4, 0.5) is 10.7 Å². The Bertz CT molecular complexity index is 2270. The summed E-state index contributed by atoms with van der Waals surface area (Å²) in [6.07, 6.45) is 9.19. The number of aliphatic hydroxyl groups excluding tert-OH is 1. The van der Waals surface area contributed by atoms with Crippen molar-refractivity contribution in [3.63, 3.8) is 0 Å². The van der Waals surface area contributed by atoms with E-state index < -0.39 is 53.9 Å². The first-order valence-corrected chi connectivity index (χ1v) is 23.0. The molecule has 1 aliphatic carbocycles. The molecular formula is C50H68N4O12. The summed E-state index contributed by atoms with van der Waals surface area (Å²) in [4.78, 5) is 67.9. The first-order chi connectivity index (χ1) is 31.6. The third kappa shape index (κ3) is 13.7. The number of allylic oxidation sites excluding steroid dienone is 4. The Morgan fingerprint density at radius 2 is 1.70 bits per heavy atom. The highest BCUT2D eigenvalue weighted by Gasteiger charge is 2.33. The number of nitrogens with zero attached hydrogens (tertiary/aromatic N) is 1. The summed E-state index contributed by atoms with van der Waals surface area (Å²) in [5.74, 6) is -0.924. The van der Waals surface area contributed by atoms with Gasteiger partial charge in [0.25, 0.3) is 5.91 Å². The molecule has 0 unspecified atom stereocenters. The quantitative estimate of drug-likeness (QED) is 0.0913. The lowest BCUT2D eigenvalue weighted by Gasteiger charge is -2.30. The van der Waals surface area contributed by atoms with E-state index in [1.807, 2.05) is 31.7 Å². The van der Waals surface area contributed by atoms with Gasteiger partial charge in [0.1, 0.15) is 17.4 Å². The van der Waals surface area contributed by atoms with E-state index >= 15 is 0 Å². The number of ether oxygens (including phenoxy) is 5. The monoisotopic (exact) mass is 916 g/mol. The molecule has 1 aromatic carbocycles. The van der Waals surface area contributed by atoms with Gasteiger partial charge in [0, 0.05) is 68.6 Å². The number of unbranched alkanes of at least 4 members (excludes halogenated alkanes) is 5. The van der Waals surface area contributed by atoms with E-state index in [4.69, 9.17) is 33.8 Å². The number of aryl methyl sites for hydroxylation is 1. The zero-order chi connectivity index (χ0) is 47.9. The first kappa shape index (κ1) is 51.4. The number of morpholine rings is 1. The van der Waals surface area contributed by atoms with E-state index in [1.165, 1.54) is 20.3 Å². The number of benzene rings is 1. The summed E-state index contributed by atoms with van der Waals surface area (Å²) in [5.41, 5.74) is 7.82. The average Bonchev–Trinajstić information content (AvgIpc) is 3.29. The van der Waals surface area contributed by atoms with Crippen LogP contribution in [0.1, 0.15) is 84.6 Å². The minimum atomic E-state index is -1.01. The maximum absolute atomic E-state index is 14.1. The van der Waals surface area contributed by atoms with Crippen molar-refractivity contribution < 1.29 is 52.4 Å². The van der Waals surface area contributed by atoms with E-state index in [9.17, 15) is 29.1 Å². The fourth-order valence-corrected chi connectivity index (χ4v) is 8.53. The molecule has 3 aliphatic rings. The molecule has 5 rings (SSSR count). The Kier molecular flexibility index (Phi) is 19.3. The molecule has 5 N–H and O–H groups in total. The molecule has 0 radical (unpaired) electrons. The van der Waals surface area contributed by atoms with E-state index in [0.717, 1.165) is 50.2 Å². The Morgan fingerprint density at radius 3 is 2.39 bits per heavy atom. The molecule has 3 heterocycles. The predicted molar refractivity (Wildman–Crippen MR) is 251 cm³/mol. The number of carbonyl (C=O) groups is 4. The molecule has 16 nitrogen and oxygen atoms in total. The molecular weight excluding hydrogens is 849 g/mol. The number of hydrogen-bond donors (Lipinski definition) is 4. The minimum absolute atomic E-state index is 0.0845. The van der Waals surface area contributed by atoms with E-state index in [2.05, 4.69) is 10.6 Å². The number of Topliss-reactive ketones (excluding diaryl/α,β-unsaturated/α-hetero) is 1. The van der Waals surface area contributed by atoms with Crippen molar-refractivity contribution >= 4 is 40.4 Å². The zero-order valence-corrected chi connectivity index (χ0v) is 39.4. The van der Waals surface area contributed by atoms with Crippen molar-refractivity contribution in [2.24, 2.45) is 17.6 Å². The van der Waals surface area contributed by atoms with Crippen LogP contribution in [-0.4, -0.2) is 107 Å². The molecule has 0 saturated carbocycles. The van der Waals surface area contributed by atoms with Crippen LogP contribution >= 0.6 is 0 Å². The third-order valence-electron chi connectivity index (χ3n) is 12.3. The van der Waals surface area contributed by atoms with Crippen LogP contribution in [0.3, 0.4) is 0 Å². The number of fused-ring (bicyclic) bond motifs is 3. The molecule has 2 aromatic rings. The summed E-state index contributed by atoms with van der Waals surface area (Å²) in [7, 11) is 2.94. The average molecular weight is 917 g/mol. The van der Waals surface area contributed by atoms with Crippen molar-refractivity contribution in [1.82, 2.24) is 10.6 Å². The highest BCUT2D eigenvalue weighted by Crippen LogP contribution is 2.31. The Labute approximate surface area is 387 Å². The number of rotatable bonds is 15. The SMILES string of the molecule is CO[C@H]1/C=C\C=C(/C)C(=O)NC2=CC(=O)C(NCCCCCCCCOc3ccc4c(=O)cc(N5CCOCC5)oc4c3C)=C(C[C@@H](C)C[C@H](OC)[C@H](O)[C@@H](C)/C=C(\C)[C@@H]1OC(N)=O)C2=O. The Hall–Kier alpha value is -5.55. The second kappa shape index (κ2) is 24.8. The fraction of sp³-hybridized carbons (Fsp3) is 0.540. The molecule has 1 aromatic heterocycles. The number of anilines is 1. The molecule has 0 spiro atoms. The molecule has 16 heteroatoms. The van der Waals surface area contributed by atoms with Gasteiger partial charge in [-0.05, 0) is 70.1 Å². The molecule has 2 aliphatic heterocycles. The van der Waals surface area contributed by atoms with Crippen molar-refractivity contribution in [2.45, 2.75) is 110 Å². The molecule has 66 heavy (non-hydrogen) atoms. The number of hydrogen-bond acceptors (Lipinski definition) is 14. The van der Waals surface area contributed by atoms with Gasteiger partial charge in [-0.1, -0.05) is 63.8 Å². The molecule has 6 atom stereocenters. The molecule has 1 fully saturated rings. The van der Waals surface area contributed by atoms with Crippen LogP contribution in [0.15, 0.2) is 85.9 Å². The Morgan fingerprint density at radius 1 is 0.985 bits per heavy atom. The van der Waals surface area contributed by atoms with Crippen LogP contribution in [0.2, 0.25) is 0 Å². The highest BCUT2D eigenvalue weighted by atomic mass is 16.6. The zero-order valence-electron chi connectivity index (χ0n) is 39.4. The molecule has 360 valence electrons. The summed E-state index contributed by atoms with van der Waals surface area (Å²) in [5, 5.41) is 17.9. The lowest BCUT2D eigenvalue weighted by molar-refractivity contribution is -0.120. The van der Waals surface area contributed by atoms with E-state index in [-0.39, 0.29) is 40.3 Å². The predicted octanol–water partition coefficient (Wildman–Crippen LogP) is 6.02. The standard InChI is InChI=1S/C50H68N4O12/c1-30-25-36-44(52-19-12-10-8-9-11-13-22-64-40-18-17-35-38(55)29-43(65-48(35)34(40)5)54-20-23-63-24-21-54)39(56)28-37(46(36)58)53-49(59)31(2)15-14-16-41(61-6)47(66-50(51)60)33(4)27-32(3)45(57)42(26-30)62-7/h14-18,27-30,32,41-42,45,47,52,57H,8-13,19-26H2,1-7H3,(H2,51,60)(H,53,59)/b16-14-,31-15+,33-27+/t30-,32+,41+,42+,45-,47+/m1/s1. The van der Waals surface area contributed by atoms with Gasteiger partial charge in [0.05, 0.1) is 48.8 Å². The van der Waals surface area contributed by atoms with Gasteiger partial charge in [-0.2, -0.15) is 0 Å². The van der Waals surface area contributed by atoms with Crippen molar-refractivity contribution in [3.05, 3.63) is 92.5 Å². The summed E-state index contributed by atoms with van der Waals surface area (Å²) in [6, 6.07) is 5.13. The summed E-state index contributed by atoms with van der Waals surface area (Å²) >= 11 is 0. The highest BCUT2D eigenvalue weighted by molar-refractivity contribution is 6.23. The van der Waals surface area contributed by atoms with E-state index in [1.54, 1.807) is 44.2 Å². The second-order valence-electron chi connectivity index (χ2n) is 17.4. The topological polar surface area (TPSA) is 218 Å². The van der Waals surface area contributed by atoms with Crippen LogP contribution in [0.5, 0.6) is 5.75 Å². The number of nitrogens with two attached hydrogens (primary N) is 1. The van der Waals surface area contributed by atoms with Crippen LogP contribution in [0.25, 0.3) is 11.0 Å². The lowest BCUT2D eigenvalue weighted by atomic mass is 9.85. The van der Waals surface area contributed by atoms with Gasteiger partial charge in [0.15, 0.2) is 17.4 Å².